The zero-order valence-corrected chi connectivity index (χ0v) is 30.4. The first-order valence-corrected chi connectivity index (χ1v) is 18.0. The van der Waals surface area contributed by atoms with Crippen LogP contribution in [0, 0.1) is 25.2 Å². The number of aliphatic hydroxyl groups is 1. The summed E-state index contributed by atoms with van der Waals surface area (Å²) >= 11 is 6.83. The summed E-state index contributed by atoms with van der Waals surface area (Å²) in [5, 5.41) is 23.1. The Balaban J connectivity index is 1.15. The lowest BCUT2D eigenvalue weighted by Gasteiger charge is -2.19. The summed E-state index contributed by atoms with van der Waals surface area (Å²) < 4.78 is 18.9. The molecule has 0 aliphatic carbocycles. The topological polar surface area (TPSA) is 113 Å². The molecule has 1 fully saturated rings. The average molecular weight is 718 g/mol. The van der Waals surface area contributed by atoms with Gasteiger partial charge in [0.2, 0.25) is 0 Å². The Morgan fingerprint density at radius 3 is 2.42 bits per heavy atom. The zero-order chi connectivity index (χ0) is 36.3. The largest absolute Gasteiger partial charge is 0.493 e. The standard InChI is InChI=1S/C42H44ClN5O4/c1-29-34(6-3-7-37(29)38-8-4-9-40(30(38)2)50-17-5-15-48-16-12-36(49)26-48)28-52-42-20-41(51-27-33-18-32(21-44)23-46-24-33)35(19-39(42)43)25-47-22-31-10-13-45-14-11-31/h3-4,6-11,13-14,18-20,23-24,36,47,49H,5,12,15-17,22,25-28H2,1-2H3/t36-/m1/s1. The Morgan fingerprint density at radius 1 is 0.846 bits per heavy atom. The van der Waals surface area contributed by atoms with Crippen molar-refractivity contribution in [1.29, 1.82) is 5.26 Å². The lowest BCUT2D eigenvalue weighted by Crippen LogP contribution is -2.24. The van der Waals surface area contributed by atoms with E-state index in [1.54, 1.807) is 24.7 Å². The Kier molecular flexibility index (Phi) is 12.7. The molecule has 268 valence electrons. The predicted octanol–water partition coefficient (Wildman–Crippen LogP) is 7.57. The van der Waals surface area contributed by atoms with Crippen molar-refractivity contribution in [3.8, 4) is 34.4 Å². The van der Waals surface area contributed by atoms with Gasteiger partial charge in [-0.25, -0.2) is 0 Å². The van der Waals surface area contributed by atoms with Crippen LogP contribution in [-0.2, 0) is 26.3 Å². The van der Waals surface area contributed by atoms with E-state index in [4.69, 9.17) is 25.8 Å². The quantitative estimate of drug-likeness (QED) is 0.0999. The maximum atomic E-state index is 9.80. The maximum absolute atomic E-state index is 9.80. The smallest absolute Gasteiger partial charge is 0.142 e. The van der Waals surface area contributed by atoms with E-state index in [0.29, 0.717) is 48.4 Å². The molecule has 52 heavy (non-hydrogen) atoms. The number of pyridine rings is 2. The van der Waals surface area contributed by atoms with Crippen molar-refractivity contribution in [2.75, 3.05) is 26.2 Å². The molecule has 0 saturated carbocycles. The lowest BCUT2D eigenvalue weighted by atomic mass is 9.93. The predicted molar refractivity (Wildman–Crippen MR) is 202 cm³/mol. The summed E-state index contributed by atoms with van der Waals surface area (Å²) in [7, 11) is 0. The van der Waals surface area contributed by atoms with E-state index in [0.717, 1.165) is 82.7 Å². The number of benzene rings is 3. The second-order valence-electron chi connectivity index (χ2n) is 13.1. The number of halogens is 1. The molecule has 2 N–H and O–H groups in total. The molecule has 5 aromatic rings. The molecular formula is C42H44ClN5O4. The molecule has 3 aromatic carbocycles. The van der Waals surface area contributed by atoms with E-state index >= 15 is 0 Å². The van der Waals surface area contributed by atoms with Gasteiger partial charge >= 0.3 is 0 Å². The van der Waals surface area contributed by atoms with Crippen LogP contribution in [-0.4, -0.2) is 52.3 Å². The summed E-state index contributed by atoms with van der Waals surface area (Å²) in [4.78, 5) is 10.6. The van der Waals surface area contributed by atoms with Gasteiger partial charge in [-0.1, -0.05) is 41.9 Å². The number of rotatable bonds is 16. The first kappa shape index (κ1) is 36.8. The van der Waals surface area contributed by atoms with Gasteiger partial charge in [-0.3, -0.25) is 9.97 Å². The number of hydrogen-bond acceptors (Lipinski definition) is 9. The van der Waals surface area contributed by atoms with Crippen molar-refractivity contribution in [1.82, 2.24) is 20.2 Å². The molecule has 1 saturated heterocycles. The molecule has 1 atom stereocenters. The molecule has 0 bridgehead atoms. The van der Waals surface area contributed by atoms with Crippen LogP contribution in [0.3, 0.4) is 0 Å². The van der Waals surface area contributed by atoms with Gasteiger partial charge in [-0.15, -0.1) is 0 Å². The summed E-state index contributed by atoms with van der Waals surface area (Å²) in [5.41, 5.74) is 8.73. The van der Waals surface area contributed by atoms with Gasteiger partial charge in [-0.2, -0.15) is 5.26 Å². The number of nitriles is 1. The highest BCUT2D eigenvalue weighted by Gasteiger charge is 2.20. The molecule has 1 aliphatic heterocycles. The summed E-state index contributed by atoms with van der Waals surface area (Å²) in [6, 6.07) is 24.0. The van der Waals surface area contributed by atoms with E-state index in [1.165, 1.54) is 6.20 Å². The summed E-state index contributed by atoms with van der Waals surface area (Å²) in [5.74, 6) is 2.02. The molecule has 0 spiro atoms. The minimum Gasteiger partial charge on any atom is -0.493 e. The number of β-amino-alcohol motifs (C(OH)–C–C–N with tert-alkyl or cyclic N) is 1. The van der Waals surface area contributed by atoms with Crippen molar-refractivity contribution in [2.45, 2.75) is 59.1 Å². The van der Waals surface area contributed by atoms with Crippen LogP contribution in [0.15, 0.2) is 91.5 Å². The number of aromatic nitrogens is 2. The van der Waals surface area contributed by atoms with Crippen LogP contribution in [0.5, 0.6) is 17.2 Å². The van der Waals surface area contributed by atoms with E-state index in [2.05, 4.69) is 64.4 Å². The van der Waals surface area contributed by atoms with Crippen molar-refractivity contribution < 1.29 is 19.3 Å². The van der Waals surface area contributed by atoms with Crippen molar-refractivity contribution in [2.24, 2.45) is 0 Å². The molecule has 6 rings (SSSR count). The molecule has 1 aliphatic rings. The second-order valence-corrected chi connectivity index (χ2v) is 13.5. The number of aliphatic hydroxyl groups excluding tert-OH is 1. The third-order valence-corrected chi connectivity index (χ3v) is 9.65. The minimum absolute atomic E-state index is 0.201. The summed E-state index contributed by atoms with van der Waals surface area (Å²) in [6.45, 7) is 9.17. The molecule has 0 amide bonds. The number of ether oxygens (including phenoxy) is 3. The molecular weight excluding hydrogens is 674 g/mol. The average Bonchev–Trinajstić information content (AvgIpc) is 3.58. The Morgan fingerprint density at radius 2 is 1.63 bits per heavy atom. The Hall–Kier alpha value is -4.98. The molecule has 2 aromatic heterocycles. The summed E-state index contributed by atoms with van der Waals surface area (Å²) in [6.07, 6.45) is 8.32. The SMILES string of the molecule is Cc1c(COc2cc(OCc3cncc(C#N)c3)c(CNCc3ccncc3)cc2Cl)cccc1-c1cccc(OCCCN2CC[C@@H](O)C2)c1C. The van der Waals surface area contributed by atoms with Gasteiger partial charge in [0, 0.05) is 74.7 Å². The maximum Gasteiger partial charge on any atom is 0.142 e. The van der Waals surface area contributed by atoms with Crippen LogP contribution >= 0.6 is 11.6 Å². The number of nitrogens with zero attached hydrogens (tertiary/aromatic N) is 4. The highest BCUT2D eigenvalue weighted by molar-refractivity contribution is 6.32. The highest BCUT2D eigenvalue weighted by Crippen LogP contribution is 2.36. The minimum atomic E-state index is -0.201. The third kappa shape index (κ3) is 9.66. The van der Waals surface area contributed by atoms with Crippen LogP contribution < -0.4 is 19.5 Å². The number of hydrogen-bond donors (Lipinski definition) is 2. The van der Waals surface area contributed by atoms with E-state index in [-0.39, 0.29) is 12.7 Å². The molecule has 3 heterocycles. The van der Waals surface area contributed by atoms with Crippen molar-refractivity contribution in [3.05, 3.63) is 135 Å². The van der Waals surface area contributed by atoms with Crippen molar-refractivity contribution in [3.63, 3.8) is 0 Å². The lowest BCUT2D eigenvalue weighted by molar-refractivity contribution is 0.173. The normalized spacial score (nSPS) is 14.2. The fourth-order valence-corrected chi connectivity index (χ4v) is 6.67. The zero-order valence-electron chi connectivity index (χ0n) is 29.6. The van der Waals surface area contributed by atoms with Crippen LogP contribution in [0.2, 0.25) is 5.02 Å². The van der Waals surface area contributed by atoms with Crippen LogP contribution in [0.25, 0.3) is 11.1 Å². The molecule has 10 heteroatoms. The monoisotopic (exact) mass is 717 g/mol. The third-order valence-electron chi connectivity index (χ3n) is 9.35. The number of likely N-dealkylation sites (tertiary alicyclic amines) is 1. The van der Waals surface area contributed by atoms with E-state index in [1.807, 2.05) is 36.4 Å². The molecule has 0 unspecified atom stereocenters. The van der Waals surface area contributed by atoms with E-state index in [9.17, 15) is 10.4 Å². The van der Waals surface area contributed by atoms with Crippen molar-refractivity contribution >= 4 is 11.6 Å². The highest BCUT2D eigenvalue weighted by atomic mass is 35.5. The fourth-order valence-electron chi connectivity index (χ4n) is 6.43. The van der Waals surface area contributed by atoms with Crippen LogP contribution in [0.1, 0.15) is 51.8 Å². The van der Waals surface area contributed by atoms with Gasteiger partial charge in [0.1, 0.15) is 36.5 Å². The van der Waals surface area contributed by atoms with E-state index < -0.39 is 0 Å². The first-order chi connectivity index (χ1) is 25.4. The van der Waals surface area contributed by atoms with Gasteiger partial charge < -0.3 is 29.5 Å². The van der Waals surface area contributed by atoms with Gasteiger partial charge in [0.15, 0.2) is 0 Å². The van der Waals surface area contributed by atoms with Gasteiger partial charge in [0.25, 0.3) is 0 Å². The Bertz CT molecular complexity index is 2000. The molecule has 0 radical (unpaired) electrons. The van der Waals surface area contributed by atoms with Gasteiger partial charge in [-0.05, 0) is 90.4 Å². The molecule has 9 nitrogen and oxygen atoms in total. The number of nitrogens with one attached hydrogen (secondary N) is 1. The second kappa shape index (κ2) is 18.0. The Labute approximate surface area is 310 Å². The van der Waals surface area contributed by atoms with Crippen LogP contribution in [0.4, 0.5) is 0 Å². The van der Waals surface area contributed by atoms with Gasteiger partial charge in [0.05, 0.1) is 23.3 Å². The first-order valence-electron chi connectivity index (χ1n) is 17.6. The fraction of sp³-hybridized carbons (Fsp3) is 0.310.